The number of rotatable bonds is 3. The third-order valence-electron chi connectivity index (χ3n) is 4.86. The van der Waals surface area contributed by atoms with Crippen LogP contribution in [0.5, 0.6) is 11.5 Å². The Balaban J connectivity index is 1.41. The quantitative estimate of drug-likeness (QED) is 0.754. The van der Waals surface area contributed by atoms with Crippen LogP contribution in [0.3, 0.4) is 0 Å². The Hall–Kier alpha value is -2.87. The molecule has 138 valence electrons. The van der Waals surface area contributed by atoms with E-state index in [4.69, 9.17) is 9.47 Å². The highest BCUT2D eigenvalue weighted by atomic mass is 32.1. The maximum atomic E-state index is 12.9. The van der Waals surface area contributed by atoms with Gasteiger partial charge in [0.2, 0.25) is 0 Å². The molecule has 3 aromatic heterocycles. The van der Waals surface area contributed by atoms with Gasteiger partial charge in [-0.05, 0) is 31.4 Å². The molecule has 3 aromatic rings. The van der Waals surface area contributed by atoms with Gasteiger partial charge >= 0.3 is 0 Å². The van der Waals surface area contributed by atoms with Crippen LogP contribution in [0.15, 0.2) is 36.0 Å². The SMILES string of the molecule is O=C(NC1CCCc2c1cnn2-c1ccccn1)c1scc2c1OCCO2. The Bertz CT molecular complexity index is 982. The van der Waals surface area contributed by atoms with E-state index in [1.54, 1.807) is 6.20 Å². The topological polar surface area (TPSA) is 78.3 Å². The average Bonchev–Trinajstić information content (AvgIpc) is 3.34. The molecule has 8 heteroatoms. The first kappa shape index (κ1) is 16.3. The predicted molar refractivity (Wildman–Crippen MR) is 99.8 cm³/mol. The van der Waals surface area contributed by atoms with Gasteiger partial charge in [0, 0.05) is 17.1 Å². The van der Waals surface area contributed by atoms with Crippen LogP contribution in [-0.2, 0) is 6.42 Å². The van der Waals surface area contributed by atoms with Crippen molar-refractivity contribution in [2.45, 2.75) is 25.3 Å². The Morgan fingerprint density at radius 2 is 2.22 bits per heavy atom. The van der Waals surface area contributed by atoms with Crippen molar-refractivity contribution in [1.29, 1.82) is 0 Å². The number of ether oxygens (including phenoxy) is 2. The van der Waals surface area contributed by atoms with E-state index in [0.29, 0.717) is 29.6 Å². The molecule has 0 spiro atoms. The highest BCUT2D eigenvalue weighted by molar-refractivity contribution is 7.12. The van der Waals surface area contributed by atoms with Crippen LogP contribution in [0.1, 0.15) is 39.8 Å². The van der Waals surface area contributed by atoms with Crippen molar-refractivity contribution in [3.05, 3.63) is 52.1 Å². The van der Waals surface area contributed by atoms with Crippen LogP contribution in [0, 0.1) is 0 Å². The van der Waals surface area contributed by atoms with E-state index in [9.17, 15) is 4.79 Å². The maximum absolute atomic E-state index is 12.9. The van der Waals surface area contributed by atoms with E-state index >= 15 is 0 Å². The number of hydrogen-bond acceptors (Lipinski definition) is 6. The van der Waals surface area contributed by atoms with Crippen LogP contribution in [0.2, 0.25) is 0 Å². The molecular formula is C19H18N4O3S. The second-order valence-electron chi connectivity index (χ2n) is 6.52. The normalized spacial score (nSPS) is 18.0. The van der Waals surface area contributed by atoms with Crippen LogP contribution < -0.4 is 14.8 Å². The number of thiophene rings is 1. The molecule has 27 heavy (non-hydrogen) atoms. The van der Waals surface area contributed by atoms with Crippen molar-refractivity contribution in [2.75, 3.05) is 13.2 Å². The monoisotopic (exact) mass is 382 g/mol. The van der Waals surface area contributed by atoms with Gasteiger partial charge in [-0.2, -0.15) is 5.10 Å². The molecular weight excluding hydrogens is 364 g/mol. The van der Waals surface area contributed by atoms with E-state index < -0.39 is 0 Å². The maximum Gasteiger partial charge on any atom is 0.265 e. The van der Waals surface area contributed by atoms with Gasteiger partial charge in [-0.3, -0.25) is 4.79 Å². The van der Waals surface area contributed by atoms with Gasteiger partial charge in [0.1, 0.15) is 18.1 Å². The summed E-state index contributed by atoms with van der Waals surface area (Å²) < 4.78 is 13.0. The first-order valence-corrected chi connectivity index (χ1v) is 9.85. The second kappa shape index (κ2) is 6.70. The fourth-order valence-electron chi connectivity index (χ4n) is 3.63. The number of amides is 1. The molecule has 7 nitrogen and oxygen atoms in total. The molecule has 1 atom stereocenters. The van der Waals surface area contributed by atoms with E-state index in [1.807, 2.05) is 34.5 Å². The van der Waals surface area contributed by atoms with Crippen molar-refractivity contribution in [3.8, 4) is 17.3 Å². The average molecular weight is 382 g/mol. The number of fused-ring (bicyclic) bond motifs is 2. The first-order valence-electron chi connectivity index (χ1n) is 8.97. The van der Waals surface area contributed by atoms with Gasteiger partial charge in [0.25, 0.3) is 5.91 Å². The molecule has 1 amide bonds. The van der Waals surface area contributed by atoms with E-state index in [2.05, 4.69) is 15.4 Å². The zero-order valence-corrected chi connectivity index (χ0v) is 15.4. The van der Waals surface area contributed by atoms with Crippen LogP contribution in [-0.4, -0.2) is 33.9 Å². The zero-order valence-electron chi connectivity index (χ0n) is 14.6. The molecule has 4 heterocycles. The largest absolute Gasteiger partial charge is 0.485 e. The predicted octanol–water partition coefficient (Wildman–Crippen LogP) is 2.91. The minimum absolute atomic E-state index is 0.0685. The zero-order chi connectivity index (χ0) is 18.2. The number of hydrogen-bond donors (Lipinski definition) is 1. The number of nitrogens with zero attached hydrogens (tertiary/aromatic N) is 3. The highest BCUT2D eigenvalue weighted by Gasteiger charge is 2.29. The molecule has 0 aromatic carbocycles. The molecule has 5 rings (SSSR count). The van der Waals surface area contributed by atoms with Crippen LogP contribution in [0.4, 0.5) is 0 Å². The van der Waals surface area contributed by atoms with Gasteiger partial charge in [-0.1, -0.05) is 6.07 Å². The lowest BCUT2D eigenvalue weighted by Gasteiger charge is -2.24. The Morgan fingerprint density at radius 3 is 3.11 bits per heavy atom. The molecule has 0 saturated carbocycles. The summed E-state index contributed by atoms with van der Waals surface area (Å²) in [6, 6.07) is 5.70. The van der Waals surface area contributed by atoms with Crippen molar-refractivity contribution in [1.82, 2.24) is 20.1 Å². The van der Waals surface area contributed by atoms with E-state index in [0.717, 1.165) is 36.3 Å². The minimum atomic E-state index is -0.129. The van der Waals surface area contributed by atoms with E-state index in [-0.39, 0.29) is 11.9 Å². The summed E-state index contributed by atoms with van der Waals surface area (Å²) in [5.41, 5.74) is 2.17. The third-order valence-corrected chi connectivity index (χ3v) is 5.80. The number of aromatic nitrogens is 3. The minimum Gasteiger partial charge on any atom is -0.485 e. The molecule has 1 unspecified atom stereocenters. The Labute approximate surface area is 159 Å². The molecule has 0 radical (unpaired) electrons. The lowest BCUT2D eigenvalue weighted by Crippen LogP contribution is -2.31. The number of carbonyl (C=O) groups is 1. The van der Waals surface area contributed by atoms with Gasteiger partial charge in [-0.15, -0.1) is 11.3 Å². The Morgan fingerprint density at radius 1 is 1.30 bits per heavy atom. The van der Waals surface area contributed by atoms with E-state index in [1.165, 1.54) is 11.3 Å². The summed E-state index contributed by atoms with van der Waals surface area (Å²) in [6.45, 7) is 0.984. The first-order chi connectivity index (χ1) is 13.3. The summed E-state index contributed by atoms with van der Waals surface area (Å²) >= 11 is 1.35. The van der Waals surface area contributed by atoms with Gasteiger partial charge in [-0.25, -0.2) is 9.67 Å². The Kier molecular flexibility index (Phi) is 4.05. The standard InChI is InChI=1S/C19H18N4O3S/c24-19(18-17-15(11-27-18)25-8-9-26-17)22-13-4-3-5-14-12(13)10-21-23(14)16-6-1-2-7-20-16/h1-2,6-7,10-11,13H,3-5,8-9H2,(H,22,24). The lowest BCUT2D eigenvalue weighted by molar-refractivity contribution is 0.0927. The lowest BCUT2D eigenvalue weighted by atomic mass is 9.93. The van der Waals surface area contributed by atoms with Crippen molar-refractivity contribution >= 4 is 17.2 Å². The molecule has 2 aliphatic rings. The summed E-state index contributed by atoms with van der Waals surface area (Å²) in [6.07, 6.45) is 6.39. The molecule has 0 saturated heterocycles. The van der Waals surface area contributed by atoms with Gasteiger partial charge in [0.05, 0.1) is 17.9 Å². The number of pyridine rings is 1. The fourth-order valence-corrected chi connectivity index (χ4v) is 4.46. The third kappa shape index (κ3) is 2.86. The molecule has 1 N–H and O–H groups in total. The van der Waals surface area contributed by atoms with Crippen molar-refractivity contribution in [3.63, 3.8) is 0 Å². The van der Waals surface area contributed by atoms with Crippen LogP contribution >= 0.6 is 11.3 Å². The second-order valence-corrected chi connectivity index (χ2v) is 7.40. The van der Waals surface area contributed by atoms with Gasteiger partial charge in [0.15, 0.2) is 17.3 Å². The van der Waals surface area contributed by atoms with Crippen molar-refractivity contribution < 1.29 is 14.3 Å². The van der Waals surface area contributed by atoms with Gasteiger partial charge < -0.3 is 14.8 Å². The summed E-state index contributed by atoms with van der Waals surface area (Å²) in [5, 5.41) is 9.50. The summed E-state index contributed by atoms with van der Waals surface area (Å²) in [7, 11) is 0. The highest BCUT2D eigenvalue weighted by Crippen LogP contribution is 2.40. The fraction of sp³-hybridized carbons (Fsp3) is 0.316. The number of nitrogens with one attached hydrogen (secondary N) is 1. The molecule has 0 bridgehead atoms. The molecule has 1 aliphatic heterocycles. The molecule has 1 aliphatic carbocycles. The van der Waals surface area contributed by atoms with Crippen molar-refractivity contribution in [2.24, 2.45) is 0 Å². The summed E-state index contributed by atoms with van der Waals surface area (Å²) in [5.74, 6) is 1.88. The van der Waals surface area contributed by atoms with Crippen LogP contribution in [0.25, 0.3) is 5.82 Å². The number of carbonyl (C=O) groups excluding carboxylic acids is 1. The summed E-state index contributed by atoms with van der Waals surface area (Å²) in [4.78, 5) is 17.8. The molecule has 0 fully saturated rings. The smallest absolute Gasteiger partial charge is 0.265 e.